The normalized spacial score (nSPS) is 11.5. The molecule has 2 N–H and O–H groups in total. The van der Waals surface area contributed by atoms with Gasteiger partial charge in [0.25, 0.3) is 0 Å². The molecule has 0 aliphatic carbocycles. The van der Waals surface area contributed by atoms with Crippen LogP contribution in [0.3, 0.4) is 0 Å². The molecule has 0 aliphatic rings. The third-order valence-electron chi connectivity index (χ3n) is 1.93. The highest BCUT2D eigenvalue weighted by molar-refractivity contribution is 9.11. The van der Waals surface area contributed by atoms with Gasteiger partial charge in [0.15, 0.2) is 0 Å². The fourth-order valence-electron chi connectivity index (χ4n) is 1.17. The van der Waals surface area contributed by atoms with E-state index in [4.69, 9.17) is 5.73 Å². The van der Waals surface area contributed by atoms with Gasteiger partial charge in [-0.25, -0.2) is 0 Å². The molecule has 0 aromatic heterocycles. The molecule has 1 atom stereocenters. The number of nitrogens with two attached hydrogens (primary N) is 1. The summed E-state index contributed by atoms with van der Waals surface area (Å²) >= 11 is 6.73. The summed E-state index contributed by atoms with van der Waals surface area (Å²) in [4.78, 5) is 11.0. The predicted octanol–water partition coefficient (Wildman–Crippen LogP) is 3.20. The molecule has 0 unspecified atom stereocenters. The Bertz CT molecular complexity index is 354. The summed E-state index contributed by atoms with van der Waals surface area (Å²) in [6, 6.07) is 5.34. The highest BCUT2D eigenvalue weighted by Gasteiger charge is 2.12. The molecule has 0 spiro atoms. The largest absolute Gasteiger partial charge is 0.469 e. The van der Waals surface area contributed by atoms with Crippen LogP contribution < -0.4 is 5.73 Å². The second-order valence-electron chi connectivity index (χ2n) is 3.09. The molecule has 1 aromatic rings. The van der Waals surface area contributed by atoms with Crippen molar-refractivity contribution in [1.82, 2.24) is 0 Å². The number of ether oxygens (including phenoxy) is 1. The maximum atomic E-state index is 11.0. The average Bonchev–Trinajstić information content (AvgIpc) is 2.16. The third-order valence-corrected chi connectivity index (χ3v) is 2.84. The standard InChI is InChI=1S/C10H11Br2NO2.ClH/c1-15-10(14)5-9(13)6-2-7(11)4-8(12)3-6;/h2-4,9H,5,13H2,1H3;1H/t9-;/m0./s1. The topological polar surface area (TPSA) is 52.3 Å². The van der Waals surface area contributed by atoms with E-state index in [-0.39, 0.29) is 30.8 Å². The van der Waals surface area contributed by atoms with E-state index < -0.39 is 0 Å². The SMILES string of the molecule is COC(=O)C[C@H](N)c1cc(Br)cc(Br)c1.Cl. The number of esters is 1. The van der Waals surface area contributed by atoms with Crippen molar-refractivity contribution in [3.63, 3.8) is 0 Å². The molecule has 0 aliphatic heterocycles. The first-order valence-corrected chi connectivity index (χ1v) is 5.90. The third kappa shape index (κ3) is 4.82. The minimum atomic E-state index is -0.341. The molecular formula is C10H12Br2ClNO2. The predicted molar refractivity (Wildman–Crippen MR) is 72.7 cm³/mol. The van der Waals surface area contributed by atoms with Crippen molar-refractivity contribution in [3.8, 4) is 0 Å². The monoisotopic (exact) mass is 371 g/mol. The Morgan fingerprint density at radius 1 is 1.38 bits per heavy atom. The van der Waals surface area contributed by atoms with Gasteiger partial charge >= 0.3 is 5.97 Å². The lowest BCUT2D eigenvalue weighted by Crippen LogP contribution is -2.16. The number of carbonyl (C=O) groups excluding carboxylic acids is 1. The van der Waals surface area contributed by atoms with E-state index in [1.165, 1.54) is 7.11 Å². The number of benzene rings is 1. The molecule has 0 heterocycles. The zero-order valence-corrected chi connectivity index (χ0v) is 12.6. The Morgan fingerprint density at radius 2 is 1.88 bits per heavy atom. The summed E-state index contributed by atoms with van der Waals surface area (Å²) in [6.45, 7) is 0. The lowest BCUT2D eigenvalue weighted by atomic mass is 10.1. The summed E-state index contributed by atoms with van der Waals surface area (Å²) in [5, 5.41) is 0. The van der Waals surface area contributed by atoms with Crippen molar-refractivity contribution in [3.05, 3.63) is 32.7 Å². The van der Waals surface area contributed by atoms with Crippen LogP contribution in [0, 0.1) is 0 Å². The number of halogens is 3. The van der Waals surface area contributed by atoms with Gasteiger partial charge < -0.3 is 10.5 Å². The van der Waals surface area contributed by atoms with Crippen molar-refractivity contribution < 1.29 is 9.53 Å². The molecule has 1 rings (SSSR count). The van der Waals surface area contributed by atoms with Gasteiger partial charge in [0.2, 0.25) is 0 Å². The number of hydrogen-bond donors (Lipinski definition) is 1. The second kappa shape index (κ2) is 7.27. The Morgan fingerprint density at radius 3 is 2.31 bits per heavy atom. The van der Waals surface area contributed by atoms with Gasteiger partial charge in [-0.3, -0.25) is 4.79 Å². The fourth-order valence-corrected chi connectivity index (χ4v) is 2.50. The van der Waals surface area contributed by atoms with Gasteiger partial charge in [0, 0.05) is 15.0 Å². The Balaban J connectivity index is 0.00000225. The van der Waals surface area contributed by atoms with Crippen LogP contribution in [0.4, 0.5) is 0 Å². The van der Waals surface area contributed by atoms with E-state index in [0.717, 1.165) is 14.5 Å². The zero-order chi connectivity index (χ0) is 11.4. The maximum Gasteiger partial charge on any atom is 0.307 e. The number of carbonyl (C=O) groups is 1. The maximum absolute atomic E-state index is 11.0. The van der Waals surface area contributed by atoms with Crippen LogP contribution in [-0.2, 0) is 9.53 Å². The first kappa shape index (κ1) is 15.9. The molecule has 90 valence electrons. The second-order valence-corrected chi connectivity index (χ2v) is 4.92. The highest BCUT2D eigenvalue weighted by Crippen LogP contribution is 2.24. The van der Waals surface area contributed by atoms with E-state index in [2.05, 4.69) is 36.6 Å². The van der Waals surface area contributed by atoms with Crippen LogP contribution in [0.15, 0.2) is 27.1 Å². The Kier molecular flexibility index (Phi) is 7.22. The van der Waals surface area contributed by atoms with Crippen LogP contribution in [0.1, 0.15) is 18.0 Å². The lowest BCUT2D eigenvalue weighted by molar-refractivity contribution is -0.141. The van der Waals surface area contributed by atoms with Crippen LogP contribution in [-0.4, -0.2) is 13.1 Å². The molecule has 0 saturated carbocycles. The molecule has 0 saturated heterocycles. The van der Waals surface area contributed by atoms with E-state index >= 15 is 0 Å². The van der Waals surface area contributed by atoms with Gasteiger partial charge in [-0.05, 0) is 23.8 Å². The smallest absolute Gasteiger partial charge is 0.307 e. The zero-order valence-electron chi connectivity index (χ0n) is 8.57. The Labute approximate surface area is 117 Å². The minimum absolute atomic E-state index is 0. The summed E-state index contributed by atoms with van der Waals surface area (Å²) in [5.41, 5.74) is 6.76. The van der Waals surface area contributed by atoms with Crippen molar-refractivity contribution in [2.24, 2.45) is 5.73 Å². The van der Waals surface area contributed by atoms with Gasteiger partial charge in [0.1, 0.15) is 0 Å². The van der Waals surface area contributed by atoms with E-state index in [1.54, 1.807) is 0 Å². The first-order valence-electron chi connectivity index (χ1n) is 4.31. The van der Waals surface area contributed by atoms with Crippen LogP contribution in [0.5, 0.6) is 0 Å². The summed E-state index contributed by atoms with van der Waals surface area (Å²) < 4.78 is 6.41. The van der Waals surface area contributed by atoms with Crippen LogP contribution >= 0.6 is 44.3 Å². The number of methoxy groups -OCH3 is 1. The van der Waals surface area contributed by atoms with E-state index in [9.17, 15) is 4.79 Å². The van der Waals surface area contributed by atoms with Crippen LogP contribution in [0.2, 0.25) is 0 Å². The van der Waals surface area contributed by atoms with E-state index in [0.29, 0.717) is 0 Å². The summed E-state index contributed by atoms with van der Waals surface area (Å²) in [5.74, 6) is -0.307. The quantitative estimate of drug-likeness (QED) is 0.828. The van der Waals surface area contributed by atoms with Crippen LogP contribution in [0.25, 0.3) is 0 Å². The highest BCUT2D eigenvalue weighted by atomic mass is 79.9. The number of rotatable bonds is 3. The first-order chi connectivity index (χ1) is 7.02. The number of hydrogen-bond acceptors (Lipinski definition) is 3. The molecule has 0 radical (unpaired) electrons. The van der Waals surface area contributed by atoms with Gasteiger partial charge in [-0.15, -0.1) is 12.4 Å². The van der Waals surface area contributed by atoms with Crippen molar-refractivity contribution in [1.29, 1.82) is 0 Å². The van der Waals surface area contributed by atoms with E-state index in [1.807, 2.05) is 18.2 Å². The molecule has 3 nitrogen and oxygen atoms in total. The molecule has 1 aromatic carbocycles. The molecule has 0 bridgehead atoms. The molecule has 0 fully saturated rings. The molecule has 0 amide bonds. The van der Waals surface area contributed by atoms with Gasteiger partial charge in [0.05, 0.1) is 13.5 Å². The summed E-state index contributed by atoms with van der Waals surface area (Å²) in [6.07, 6.45) is 0.180. The fraction of sp³-hybridized carbons (Fsp3) is 0.300. The molecule has 6 heteroatoms. The Hall–Kier alpha value is -0.100. The summed E-state index contributed by atoms with van der Waals surface area (Å²) in [7, 11) is 1.35. The molecular weight excluding hydrogens is 361 g/mol. The lowest BCUT2D eigenvalue weighted by Gasteiger charge is -2.11. The van der Waals surface area contributed by atoms with Crippen molar-refractivity contribution in [2.45, 2.75) is 12.5 Å². The average molecular weight is 373 g/mol. The minimum Gasteiger partial charge on any atom is -0.469 e. The van der Waals surface area contributed by atoms with Gasteiger partial charge in [-0.2, -0.15) is 0 Å². The van der Waals surface area contributed by atoms with Crippen molar-refractivity contribution in [2.75, 3.05) is 7.11 Å². The van der Waals surface area contributed by atoms with Crippen molar-refractivity contribution >= 4 is 50.2 Å². The van der Waals surface area contributed by atoms with Gasteiger partial charge in [-0.1, -0.05) is 31.9 Å². The molecule has 16 heavy (non-hydrogen) atoms.